The molecule has 0 fully saturated rings. The maximum absolute atomic E-state index is 6.31. The Hall–Kier alpha value is -2.44. The van der Waals surface area contributed by atoms with Gasteiger partial charge in [-0.2, -0.15) is 14.9 Å². The Morgan fingerprint density at radius 3 is 2.80 bits per heavy atom. The van der Waals surface area contributed by atoms with E-state index >= 15 is 0 Å². The molecular weight excluding hydrogens is 356 g/mol. The molecule has 0 radical (unpaired) electrons. The van der Waals surface area contributed by atoms with Gasteiger partial charge < -0.3 is 4.74 Å². The van der Waals surface area contributed by atoms with Crippen molar-refractivity contribution < 1.29 is 4.74 Å². The van der Waals surface area contributed by atoms with Gasteiger partial charge in [0.2, 0.25) is 4.77 Å². The number of H-pyrrole nitrogens is 1. The van der Waals surface area contributed by atoms with Crippen LogP contribution in [-0.2, 0) is 13.0 Å². The number of aromatic nitrogens is 3. The minimum atomic E-state index is 0.460. The van der Waals surface area contributed by atoms with Crippen molar-refractivity contribution in [3.05, 3.63) is 75.3 Å². The maximum atomic E-state index is 6.31. The Kier molecular flexibility index (Phi) is 5.63. The summed E-state index contributed by atoms with van der Waals surface area (Å²) in [6.07, 6.45) is 2.43. The molecule has 0 amide bonds. The minimum Gasteiger partial charge on any atom is -0.487 e. The molecule has 2 aromatic carbocycles. The number of benzene rings is 2. The number of hydrogen-bond acceptors (Lipinski definition) is 4. The Morgan fingerprint density at radius 1 is 1.28 bits per heavy atom. The first kappa shape index (κ1) is 17.4. The molecule has 3 rings (SSSR count). The number of rotatable bonds is 6. The molecule has 0 bridgehead atoms. The summed E-state index contributed by atoms with van der Waals surface area (Å²) in [5.74, 6) is 1.41. The van der Waals surface area contributed by atoms with Crippen LogP contribution in [0.15, 0.2) is 53.6 Å². The second-order valence-corrected chi connectivity index (χ2v) is 6.11. The fourth-order valence-electron chi connectivity index (χ4n) is 2.25. The van der Waals surface area contributed by atoms with Crippen molar-refractivity contribution in [1.29, 1.82) is 0 Å². The number of nitrogens with zero attached hydrogens (tertiary/aromatic N) is 3. The normalized spacial score (nSPS) is 11.1. The molecule has 0 saturated carbocycles. The van der Waals surface area contributed by atoms with Gasteiger partial charge in [-0.15, -0.1) is 0 Å². The number of aromatic amines is 1. The SMILES string of the molecule is CCc1n[nH]c(=S)n1/N=C\c1ccc(OCc2ccccc2)c(Cl)c1. The van der Waals surface area contributed by atoms with Crippen molar-refractivity contribution in [2.24, 2.45) is 5.10 Å². The fourth-order valence-corrected chi connectivity index (χ4v) is 2.69. The summed E-state index contributed by atoms with van der Waals surface area (Å²) >= 11 is 11.5. The molecule has 0 aliphatic heterocycles. The van der Waals surface area contributed by atoms with E-state index in [-0.39, 0.29) is 0 Å². The highest BCUT2D eigenvalue weighted by Crippen LogP contribution is 2.25. The summed E-state index contributed by atoms with van der Waals surface area (Å²) in [5.41, 5.74) is 1.94. The summed E-state index contributed by atoms with van der Waals surface area (Å²) in [6.45, 7) is 2.46. The molecule has 3 aromatic rings. The van der Waals surface area contributed by atoms with E-state index in [1.54, 1.807) is 17.0 Å². The van der Waals surface area contributed by atoms with Crippen LogP contribution in [0.4, 0.5) is 0 Å². The van der Waals surface area contributed by atoms with Crippen molar-refractivity contribution in [3.63, 3.8) is 0 Å². The second kappa shape index (κ2) is 8.09. The molecule has 0 spiro atoms. The van der Waals surface area contributed by atoms with Crippen molar-refractivity contribution in [1.82, 2.24) is 14.9 Å². The third-order valence-corrected chi connectivity index (χ3v) is 4.11. The van der Waals surface area contributed by atoms with E-state index in [2.05, 4.69) is 15.3 Å². The maximum Gasteiger partial charge on any atom is 0.216 e. The summed E-state index contributed by atoms with van der Waals surface area (Å²) < 4.78 is 7.83. The molecule has 7 heteroatoms. The Bertz CT molecular complexity index is 934. The Labute approximate surface area is 155 Å². The number of halogens is 1. The number of aryl methyl sites for hydroxylation is 1. The first-order valence-electron chi connectivity index (χ1n) is 7.84. The van der Waals surface area contributed by atoms with Crippen LogP contribution in [0.2, 0.25) is 5.02 Å². The van der Waals surface area contributed by atoms with Crippen LogP contribution in [0.3, 0.4) is 0 Å². The molecule has 0 unspecified atom stereocenters. The van der Waals surface area contributed by atoms with Gasteiger partial charge in [0.15, 0.2) is 5.82 Å². The van der Waals surface area contributed by atoms with Crippen LogP contribution < -0.4 is 4.74 Å². The van der Waals surface area contributed by atoms with Crippen LogP contribution in [0.1, 0.15) is 23.9 Å². The minimum absolute atomic E-state index is 0.460. The van der Waals surface area contributed by atoms with Crippen LogP contribution in [0.5, 0.6) is 5.75 Å². The molecule has 0 aliphatic carbocycles. The lowest BCUT2D eigenvalue weighted by atomic mass is 10.2. The van der Waals surface area contributed by atoms with E-state index in [0.29, 0.717) is 22.2 Å². The van der Waals surface area contributed by atoms with Crippen LogP contribution in [-0.4, -0.2) is 21.1 Å². The summed E-state index contributed by atoms with van der Waals surface area (Å²) in [5, 5.41) is 11.7. The van der Waals surface area contributed by atoms with Gasteiger partial charge in [0.1, 0.15) is 12.4 Å². The Morgan fingerprint density at radius 2 is 2.08 bits per heavy atom. The third-order valence-electron chi connectivity index (χ3n) is 3.55. The highest BCUT2D eigenvalue weighted by molar-refractivity contribution is 7.71. The third kappa shape index (κ3) is 4.35. The molecule has 0 saturated heterocycles. The molecule has 1 heterocycles. The van der Waals surface area contributed by atoms with Crippen molar-refractivity contribution in [3.8, 4) is 5.75 Å². The zero-order chi connectivity index (χ0) is 17.6. The van der Waals surface area contributed by atoms with Crippen molar-refractivity contribution in [2.75, 3.05) is 0 Å². The van der Waals surface area contributed by atoms with Gasteiger partial charge in [-0.3, -0.25) is 5.10 Å². The zero-order valence-electron chi connectivity index (χ0n) is 13.6. The van der Waals surface area contributed by atoms with E-state index in [9.17, 15) is 0 Å². The first-order chi connectivity index (χ1) is 12.2. The van der Waals surface area contributed by atoms with Crippen molar-refractivity contribution >= 4 is 30.0 Å². The standard InChI is InChI=1S/C18H17ClN4OS/c1-2-17-21-22-18(25)23(17)20-11-14-8-9-16(15(19)10-14)24-12-13-6-4-3-5-7-13/h3-11H,2,12H2,1H3,(H,22,25)/b20-11-. The van der Waals surface area contributed by atoms with E-state index in [0.717, 1.165) is 23.4 Å². The van der Waals surface area contributed by atoms with Crippen LogP contribution in [0, 0.1) is 4.77 Å². The molecule has 0 atom stereocenters. The van der Waals surface area contributed by atoms with E-state index in [1.165, 1.54) is 0 Å². The lowest BCUT2D eigenvalue weighted by Gasteiger charge is -2.08. The van der Waals surface area contributed by atoms with Crippen molar-refractivity contribution in [2.45, 2.75) is 20.0 Å². The van der Waals surface area contributed by atoms with Gasteiger partial charge in [0.25, 0.3) is 0 Å². The summed E-state index contributed by atoms with van der Waals surface area (Å²) in [7, 11) is 0. The van der Waals surface area contributed by atoms with E-state index < -0.39 is 0 Å². The van der Waals surface area contributed by atoms with Crippen LogP contribution >= 0.6 is 23.8 Å². The van der Waals surface area contributed by atoms with Gasteiger partial charge in [0.05, 0.1) is 11.2 Å². The predicted molar refractivity (Wildman–Crippen MR) is 102 cm³/mol. The topological polar surface area (TPSA) is 55.2 Å². The van der Waals surface area contributed by atoms with Gasteiger partial charge in [-0.25, -0.2) is 0 Å². The molecule has 0 aliphatic rings. The lowest BCUT2D eigenvalue weighted by molar-refractivity contribution is 0.306. The van der Waals surface area contributed by atoms with E-state index in [4.69, 9.17) is 28.6 Å². The lowest BCUT2D eigenvalue weighted by Crippen LogP contribution is -1.98. The van der Waals surface area contributed by atoms with E-state index in [1.807, 2.05) is 49.4 Å². The molecule has 25 heavy (non-hydrogen) atoms. The molecule has 1 N–H and O–H groups in total. The second-order valence-electron chi connectivity index (χ2n) is 5.32. The quantitative estimate of drug-likeness (QED) is 0.507. The predicted octanol–water partition coefficient (Wildman–Crippen LogP) is 4.62. The average Bonchev–Trinajstić information content (AvgIpc) is 3.00. The molecular formula is C18H17ClN4OS. The number of nitrogens with one attached hydrogen (secondary N) is 1. The largest absolute Gasteiger partial charge is 0.487 e. The molecule has 5 nitrogen and oxygen atoms in total. The highest BCUT2D eigenvalue weighted by atomic mass is 35.5. The Balaban J connectivity index is 1.72. The van der Waals surface area contributed by atoms with Gasteiger partial charge >= 0.3 is 0 Å². The van der Waals surface area contributed by atoms with Gasteiger partial charge in [-0.1, -0.05) is 48.9 Å². The summed E-state index contributed by atoms with van der Waals surface area (Å²) in [6, 6.07) is 15.5. The summed E-state index contributed by atoms with van der Waals surface area (Å²) in [4.78, 5) is 0. The van der Waals surface area contributed by atoms with Crippen LogP contribution in [0.25, 0.3) is 0 Å². The zero-order valence-corrected chi connectivity index (χ0v) is 15.2. The first-order valence-corrected chi connectivity index (χ1v) is 8.63. The van der Waals surface area contributed by atoms with Gasteiger partial charge in [-0.05, 0) is 41.5 Å². The van der Waals surface area contributed by atoms with Gasteiger partial charge in [0, 0.05) is 6.42 Å². The molecule has 1 aromatic heterocycles. The average molecular weight is 373 g/mol. The fraction of sp³-hybridized carbons (Fsp3) is 0.167. The monoisotopic (exact) mass is 372 g/mol. The molecule has 128 valence electrons. The highest BCUT2D eigenvalue weighted by Gasteiger charge is 2.04. The number of ether oxygens (including phenoxy) is 1. The number of hydrogen-bond donors (Lipinski definition) is 1. The smallest absolute Gasteiger partial charge is 0.216 e.